The summed E-state index contributed by atoms with van der Waals surface area (Å²) in [6, 6.07) is 2.65. The van der Waals surface area contributed by atoms with Crippen LogP contribution in [0.1, 0.15) is 24.1 Å². The highest BCUT2D eigenvalue weighted by atomic mass is 19.1. The zero-order valence-corrected chi connectivity index (χ0v) is 9.74. The molecule has 0 saturated carbocycles. The molecular weight excluding hydrogens is 228 g/mol. The second kappa shape index (κ2) is 5.72. The Bertz CT molecular complexity index is 409. The molecule has 0 radical (unpaired) electrons. The van der Waals surface area contributed by atoms with E-state index >= 15 is 0 Å². The average molecular weight is 243 g/mol. The fourth-order valence-corrected chi connectivity index (χ4v) is 1.50. The third-order valence-electron chi connectivity index (χ3n) is 2.43. The third-order valence-corrected chi connectivity index (χ3v) is 2.43. The first-order valence-corrected chi connectivity index (χ1v) is 5.29. The van der Waals surface area contributed by atoms with E-state index in [0.717, 1.165) is 6.07 Å². The molecule has 0 spiro atoms. The number of halogens is 2. The summed E-state index contributed by atoms with van der Waals surface area (Å²) in [6.07, 6.45) is -1.99. The van der Waals surface area contributed by atoms with Gasteiger partial charge in [0.2, 0.25) is 6.17 Å². The highest BCUT2D eigenvalue weighted by molar-refractivity contribution is 5.75. The minimum atomic E-state index is -1.99. The number of esters is 1. The van der Waals surface area contributed by atoms with Crippen molar-refractivity contribution in [3.63, 3.8) is 0 Å². The van der Waals surface area contributed by atoms with Crippen molar-refractivity contribution in [3.05, 3.63) is 35.1 Å². The van der Waals surface area contributed by atoms with Gasteiger partial charge in [-0.2, -0.15) is 0 Å². The summed E-state index contributed by atoms with van der Waals surface area (Å²) < 4.78 is 31.2. The highest BCUT2D eigenvalue weighted by Crippen LogP contribution is 2.22. The van der Waals surface area contributed by atoms with Gasteiger partial charge < -0.3 is 10.5 Å². The van der Waals surface area contributed by atoms with E-state index in [1.165, 1.54) is 12.1 Å². The molecule has 0 aliphatic carbocycles. The van der Waals surface area contributed by atoms with Crippen molar-refractivity contribution in [1.82, 2.24) is 0 Å². The van der Waals surface area contributed by atoms with E-state index < -0.39 is 24.0 Å². The maximum atomic E-state index is 13.7. The van der Waals surface area contributed by atoms with Crippen molar-refractivity contribution in [2.75, 3.05) is 6.61 Å². The number of carbonyl (C=O) groups excluding carboxylic acids is 1. The topological polar surface area (TPSA) is 52.3 Å². The molecule has 0 fully saturated rings. The Labute approximate surface area is 98.6 Å². The van der Waals surface area contributed by atoms with Crippen molar-refractivity contribution in [2.45, 2.75) is 26.1 Å². The molecule has 17 heavy (non-hydrogen) atoms. The molecule has 1 rings (SSSR count). The molecule has 0 saturated heterocycles. The first kappa shape index (κ1) is 13.6. The molecular formula is C12H15F2NO2. The van der Waals surface area contributed by atoms with Gasteiger partial charge in [-0.1, -0.05) is 6.07 Å². The van der Waals surface area contributed by atoms with E-state index in [2.05, 4.69) is 4.74 Å². The highest BCUT2D eigenvalue weighted by Gasteiger charge is 2.28. The lowest BCUT2D eigenvalue weighted by Gasteiger charge is -2.17. The molecule has 1 unspecified atom stereocenters. The predicted octanol–water partition coefficient (Wildman–Crippen LogP) is 2.04. The van der Waals surface area contributed by atoms with Gasteiger partial charge >= 0.3 is 5.97 Å². The summed E-state index contributed by atoms with van der Waals surface area (Å²) in [7, 11) is 0. The van der Waals surface area contributed by atoms with Crippen LogP contribution in [0.4, 0.5) is 8.78 Å². The molecule has 2 atom stereocenters. The van der Waals surface area contributed by atoms with Gasteiger partial charge in [0.25, 0.3) is 0 Å². The van der Waals surface area contributed by atoms with Gasteiger partial charge in [0.1, 0.15) is 5.82 Å². The van der Waals surface area contributed by atoms with Crippen molar-refractivity contribution in [1.29, 1.82) is 0 Å². The summed E-state index contributed by atoms with van der Waals surface area (Å²) >= 11 is 0. The standard InChI is InChI=1S/C12H15F2NO2/c1-3-17-12(16)10(14)11(15)9-6-8(13)5-4-7(9)2/h4-6,10-11H,3,15H2,1-2H3/t10?,11-/m0/s1. The Morgan fingerprint density at radius 2 is 2.18 bits per heavy atom. The number of benzene rings is 1. The van der Waals surface area contributed by atoms with Crippen molar-refractivity contribution >= 4 is 5.97 Å². The Kier molecular flexibility index (Phi) is 4.57. The lowest BCUT2D eigenvalue weighted by molar-refractivity contribution is -0.149. The third kappa shape index (κ3) is 3.23. The molecule has 2 N–H and O–H groups in total. The first-order valence-electron chi connectivity index (χ1n) is 5.29. The summed E-state index contributed by atoms with van der Waals surface area (Å²) in [5.74, 6) is -1.54. The van der Waals surface area contributed by atoms with Crippen molar-refractivity contribution in [3.8, 4) is 0 Å². The number of aryl methyl sites for hydroxylation is 1. The number of carbonyl (C=O) groups is 1. The van der Waals surface area contributed by atoms with Gasteiger partial charge in [0.05, 0.1) is 12.6 Å². The van der Waals surface area contributed by atoms with Gasteiger partial charge in [-0.05, 0) is 37.1 Å². The number of rotatable bonds is 4. The fraction of sp³-hybridized carbons (Fsp3) is 0.417. The molecule has 0 aromatic heterocycles. The Hall–Kier alpha value is -1.49. The minimum Gasteiger partial charge on any atom is -0.464 e. The zero-order chi connectivity index (χ0) is 13.0. The van der Waals surface area contributed by atoms with E-state index in [-0.39, 0.29) is 12.2 Å². The Balaban J connectivity index is 2.91. The normalized spacial score (nSPS) is 14.2. The van der Waals surface area contributed by atoms with Crippen molar-refractivity contribution in [2.24, 2.45) is 5.73 Å². The van der Waals surface area contributed by atoms with Crippen LogP contribution in [-0.2, 0) is 9.53 Å². The van der Waals surface area contributed by atoms with E-state index in [1.807, 2.05) is 0 Å². The predicted molar refractivity (Wildman–Crippen MR) is 59.6 cm³/mol. The largest absolute Gasteiger partial charge is 0.464 e. The summed E-state index contributed by atoms with van der Waals surface area (Å²) in [5.41, 5.74) is 6.50. The zero-order valence-electron chi connectivity index (χ0n) is 9.74. The van der Waals surface area contributed by atoms with E-state index in [0.29, 0.717) is 5.56 Å². The molecule has 0 bridgehead atoms. The molecule has 94 valence electrons. The van der Waals surface area contributed by atoms with E-state index in [4.69, 9.17) is 5.73 Å². The Morgan fingerprint density at radius 1 is 1.53 bits per heavy atom. The molecule has 0 aliphatic heterocycles. The number of nitrogens with two attached hydrogens (primary N) is 1. The second-order valence-corrected chi connectivity index (χ2v) is 3.68. The monoisotopic (exact) mass is 243 g/mol. The number of hydrogen-bond donors (Lipinski definition) is 1. The van der Waals surface area contributed by atoms with Gasteiger partial charge in [-0.25, -0.2) is 13.6 Å². The molecule has 0 amide bonds. The maximum Gasteiger partial charge on any atom is 0.342 e. The Morgan fingerprint density at radius 3 is 2.76 bits per heavy atom. The summed E-state index contributed by atoms with van der Waals surface area (Å²) in [6.45, 7) is 3.32. The van der Waals surface area contributed by atoms with Crippen LogP contribution in [0.25, 0.3) is 0 Å². The molecule has 0 heterocycles. The van der Waals surface area contributed by atoms with E-state index in [9.17, 15) is 13.6 Å². The van der Waals surface area contributed by atoms with Crippen molar-refractivity contribution < 1.29 is 18.3 Å². The van der Waals surface area contributed by atoms with Crippen LogP contribution in [0.3, 0.4) is 0 Å². The van der Waals surface area contributed by atoms with Gasteiger partial charge in [-0.15, -0.1) is 0 Å². The van der Waals surface area contributed by atoms with Crippen LogP contribution in [0.5, 0.6) is 0 Å². The summed E-state index contributed by atoms with van der Waals surface area (Å²) in [5, 5.41) is 0. The quantitative estimate of drug-likeness (QED) is 0.823. The first-order chi connectivity index (χ1) is 7.97. The van der Waals surface area contributed by atoms with Crippen LogP contribution in [0.15, 0.2) is 18.2 Å². The number of ether oxygens (including phenoxy) is 1. The van der Waals surface area contributed by atoms with Gasteiger partial charge in [-0.3, -0.25) is 0 Å². The maximum absolute atomic E-state index is 13.7. The number of alkyl halides is 1. The minimum absolute atomic E-state index is 0.0775. The molecule has 1 aromatic rings. The second-order valence-electron chi connectivity index (χ2n) is 3.68. The van der Waals surface area contributed by atoms with Gasteiger partial charge in [0, 0.05) is 0 Å². The molecule has 1 aromatic carbocycles. The lowest BCUT2D eigenvalue weighted by Crippen LogP contribution is -2.32. The lowest BCUT2D eigenvalue weighted by atomic mass is 9.98. The average Bonchev–Trinajstić information content (AvgIpc) is 2.30. The van der Waals surface area contributed by atoms with Crippen LogP contribution in [0.2, 0.25) is 0 Å². The molecule has 5 heteroatoms. The smallest absolute Gasteiger partial charge is 0.342 e. The van der Waals surface area contributed by atoms with Crippen LogP contribution in [-0.4, -0.2) is 18.7 Å². The number of hydrogen-bond acceptors (Lipinski definition) is 3. The SMILES string of the molecule is CCOC(=O)C(F)[C@@H](N)c1cc(F)ccc1C. The fourth-order valence-electron chi connectivity index (χ4n) is 1.50. The van der Waals surface area contributed by atoms with E-state index in [1.54, 1.807) is 13.8 Å². The molecule has 0 aliphatic rings. The van der Waals surface area contributed by atoms with Crippen LogP contribution in [0, 0.1) is 12.7 Å². The van der Waals surface area contributed by atoms with Crippen LogP contribution >= 0.6 is 0 Å². The summed E-state index contributed by atoms with van der Waals surface area (Å²) in [4.78, 5) is 11.2. The van der Waals surface area contributed by atoms with Crippen LogP contribution < -0.4 is 5.73 Å². The van der Waals surface area contributed by atoms with Gasteiger partial charge in [0.15, 0.2) is 0 Å². The molecule has 3 nitrogen and oxygen atoms in total.